The number of anilines is 1. The number of amides is 2. The van der Waals surface area contributed by atoms with Gasteiger partial charge in [0, 0.05) is 11.6 Å². The zero-order valence-corrected chi connectivity index (χ0v) is 15.2. The molecule has 3 rings (SSSR count). The minimum Gasteiger partial charge on any atom is -0.493 e. The third-order valence-corrected chi connectivity index (χ3v) is 4.42. The smallest absolute Gasteiger partial charge is 0.227 e. The van der Waals surface area contributed by atoms with Crippen molar-refractivity contribution in [1.29, 1.82) is 0 Å². The van der Waals surface area contributed by atoms with Crippen LogP contribution in [0.15, 0.2) is 48.5 Å². The Bertz CT molecular complexity index is 786. The molecule has 5 nitrogen and oxygen atoms in total. The van der Waals surface area contributed by atoms with Gasteiger partial charge in [-0.1, -0.05) is 12.1 Å². The fraction of sp³-hybridized carbons (Fsp3) is 0.333. The number of benzene rings is 2. The average molecular weight is 370 g/mol. The maximum absolute atomic E-state index is 12.8. The van der Waals surface area contributed by atoms with Crippen LogP contribution in [0.25, 0.3) is 0 Å². The van der Waals surface area contributed by atoms with E-state index in [0.29, 0.717) is 5.75 Å². The van der Waals surface area contributed by atoms with E-state index in [2.05, 4.69) is 10.6 Å². The highest BCUT2D eigenvalue weighted by Gasteiger charge is 2.29. The van der Waals surface area contributed by atoms with Crippen LogP contribution in [-0.4, -0.2) is 18.4 Å². The molecule has 1 saturated carbocycles. The summed E-state index contributed by atoms with van der Waals surface area (Å²) in [4.78, 5) is 23.8. The summed E-state index contributed by atoms with van der Waals surface area (Å²) in [7, 11) is 0. The molecule has 0 aromatic heterocycles. The van der Waals surface area contributed by atoms with Crippen LogP contribution in [0, 0.1) is 11.7 Å². The highest BCUT2D eigenvalue weighted by atomic mass is 19.1. The van der Waals surface area contributed by atoms with Gasteiger partial charge in [0.2, 0.25) is 11.8 Å². The van der Waals surface area contributed by atoms with Gasteiger partial charge in [-0.05, 0) is 61.7 Å². The maximum Gasteiger partial charge on any atom is 0.227 e. The van der Waals surface area contributed by atoms with E-state index in [0.717, 1.165) is 24.1 Å². The van der Waals surface area contributed by atoms with Crippen LogP contribution >= 0.6 is 0 Å². The number of rotatable bonds is 8. The molecule has 1 aliphatic carbocycles. The molecule has 2 N–H and O–H groups in total. The van der Waals surface area contributed by atoms with Gasteiger partial charge >= 0.3 is 0 Å². The summed E-state index contributed by atoms with van der Waals surface area (Å²) in [6, 6.07) is 13.0. The van der Waals surface area contributed by atoms with E-state index in [9.17, 15) is 14.0 Å². The molecule has 1 aliphatic rings. The first-order chi connectivity index (χ1) is 13.0. The van der Waals surface area contributed by atoms with Gasteiger partial charge in [0.05, 0.1) is 19.1 Å². The Morgan fingerprint density at radius 2 is 1.78 bits per heavy atom. The van der Waals surface area contributed by atoms with Crippen molar-refractivity contribution >= 4 is 17.5 Å². The molecular formula is C21H23FN2O3. The Balaban J connectivity index is 1.41. The molecule has 2 amide bonds. The monoisotopic (exact) mass is 370 g/mol. The van der Waals surface area contributed by atoms with Gasteiger partial charge < -0.3 is 15.4 Å². The van der Waals surface area contributed by atoms with Crippen LogP contribution < -0.4 is 15.4 Å². The molecule has 1 fully saturated rings. The van der Waals surface area contributed by atoms with E-state index in [1.165, 1.54) is 24.3 Å². The number of carbonyl (C=O) groups is 2. The number of hydrogen-bond donors (Lipinski definition) is 2. The molecule has 6 heteroatoms. The van der Waals surface area contributed by atoms with Crippen molar-refractivity contribution < 1.29 is 18.7 Å². The SMILES string of the molecule is CC(NC(=O)CCOc1ccc(F)cc1)c1ccc(NC(=O)C2CC2)cc1. The number of halogens is 1. The molecule has 0 bridgehead atoms. The quantitative estimate of drug-likeness (QED) is 0.742. The summed E-state index contributed by atoms with van der Waals surface area (Å²) < 4.78 is 18.3. The maximum atomic E-state index is 12.8. The lowest BCUT2D eigenvalue weighted by atomic mass is 10.1. The van der Waals surface area contributed by atoms with Gasteiger partial charge in [-0.25, -0.2) is 4.39 Å². The molecule has 1 unspecified atom stereocenters. The number of hydrogen-bond acceptors (Lipinski definition) is 3. The predicted molar refractivity (Wildman–Crippen MR) is 101 cm³/mol. The number of carbonyl (C=O) groups excluding carboxylic acids is 2. The second kappa shape index (κ2) is 8.66. The molecular weight excluding hydrogens is 347 g/mol. The van der Waals surface area contributed by atoms with E-state index in [1.807, 2.05) is 31.2 Å². The minimum absolute atomic E-state index is 0.0743. The van der Waals surface area contributed by atoms with Crippen LogP contribution in [0.4, 0.5) is 10.1 Å². The van der Waals surface area contributed by atoms with E-state index >= 15 is 0 Å². The van der Waals surface area contributed by atoms with Gasteiger partial charge in [0.1, 0.15) is 11.6 Å². The standard InChI is InChI=1S/C21H23FN2O3/c1-14(15-4-8-18(9-5-15)24-21(26)16-2-3-16)23-20(25)12-13-27-19-10-6-17(22)7-11-19/h4-11,14,16H,2-3,12-13H2,1H3,(H,23,25)(H,24,26). The summed E-state index contributed by atoms with van der Waals surface area (Å²) in [5.74, 6) is 0.314. The fourth-order valence-corrected chi connectivity index (χ4v) is 2.63. The molecule has 0 spiro atoms. The number of nitrogens with one attached hydrogen (secondary N) is 2. The molecule has 2 aromatic rings. The molecule has 1 atom stereocenters. The lowest BCUT2D eigenvalue weighted by molar-refractivity contribution is -0.122. The van der Waals surface area contributed by atoms with E-state index in [4.69, 9.17) is 4.74 Å². The lowest BCUT2D eigenvalue weighted by Gasteiger charge is -2.15. The van der Waals surface area contributed by atoms with Gasteiger partial charge in [0.25, 0.3) is 0 Å². The summed E-state index contributed by atoms with van der Waals surface area (Å²) in [6.45, 7) is 2.12. The normalized spacial score (nSPS) is 14.3. The molecule has 27 heavy (non-hydrogen) atoms. The van der Waals surface area contributed by atoms with Gasteiger partial charge in [-0.15, -0.1) is 0 Å². The minimum atomic E-state index is -0.327. The van der Waals surface area contributed by atoms with Crippen molar-refractivity contribution in [1.82, 2.24) is 5.32 Å². The van der Waals surface area contributed by atoms with Crippen LogP contribution in [0.3, 0.4) is 0 Å². The van der Waals surface area contributed by atoms with E-state index < -0.39 is 0 Å². The van der Waals surface area contributed by atoms with Crippen LogP contribution in [0.1, 0.15) is 37.8 Å². The van der Waals surface area contributed by atoms with Crippen LogP contribution in [0.2, 0.25) is 0 Å². The van der Waals surface area contributed by atoms with Gasteiger partial charge in [-0.3, -0.25) is 9.59 Å². The van der Waals surface area contributed by atoms with Crippen molar-refractivity contribution in [2.24, 2.45) is 5.92 Å². The zero-order valence-electron chi connectivity index (χ0n) is 15.2. The topological polar surface area (TPSA) is 67.4 Å². The van der Waals surface area contributed by atoms with Gasteiger partial charge in [0.15, 0.2) is 0 Å². The van der Waals surface area contributed by atoms with Crippen molar-refractivity contribution in [2.45, 2.75) is 32.2 Å². The molecule has 2 aromatic carbocycles. The second-order valence-corrected chi connectivity index (χ2v) is 6.73. The highest BCUT2D eigenvalue weighted by molar-refractivity contribution is 5.94. The third kappa shape index (κ3) is 5.81. The first-order valence-corrected chi connectivity index (χ1v) is 9.10. The van der Waals surface area contributed by atoms with Crippen molar-refractivity contribution in [3.63, 3.8) is 0 Å². The molecule has 0 aliphatic heterocycles. The summed E-state index contributed by atoms with van der Waals surface area (Å²) in [5.41, 5.74) is 1.72. The summed E-state index contributed by atoms with van der Waals surface area (Å²) >= 11 is 0. The largest absolute Gasteiger partial charge is 0.493 e. The number of ether oxygens (including phenoxy) is 1. The third-order valence-electron chi connectivity index (χ3n) is 4.42. The molecule has 0 saturated heterocycles. The van der Waals surface area contributed by atoms with Crippen LogP contribution in [0.5, 0.6) is 5.75 Å². The Hall–Kier alpha value is -2.89. The van der Waals surface area contributed by atoms with Crippen LogP contribution in [-0.2, 0) is 9.59 Å². The Labute approximate surface area is 157 Å². The molecule has 0 radical (unpaired) electrons. The molecule has 0 heterocycles. The van der Waals surface area contributed by atoms with E-state index in [-0.39, 0.29) is 42.6 Å². The van der Waals surface area contributed by atoms with Gasteiger partial charge in [-0.2, -0.15) is 0 Å². The van der Waals surface area contributed by atoms with E-state index in [1.54, 1.807) is 0 Å². The fourth-order valence-electron chi connectivity index (χ4n) is 2.63. The zero-order chi connectivity index (χ0) is 19.2. The summed E-state index contributed by atoms with van der Waals surface area (Å²) in [6.07, 6.45) is 2.15. The van der Waals surface area contributed by atoms with Crippen molar-refractivity contribution in [3.05, 3.63) is 59.9 Å². The van der Waals surface area contributed by atoms with Crippen molar-refractivity contribution in [3.8, 4) is 5.75 Å². The first kappa shape index (κ1) is 18.9. The average Bonchev–Trinajstić information content (AvgIpc) is 3.49. The Morgan fingerprint density at radius 1 is 1.11 bits per heavy atom. The highest BCUT2D eigenvalue weighted by Crippen LogP contribution is 2.30. The Morgan fingerprint density at radius 3 is 2.41 bits per heavy atom. The predicted octanol–water partition coefficient (Wildman–Crippen LogP) is 3.82. The second-order valence-electron chi connectivity index (χ2n) is 6.73. The molecule has 142 valence electrons. The lowest BCUT2D eigenvalue weighted by Crippen LogP contribution is -2.27. The first-order valence-electron chi connectivity index (χ1n) is 9.10. The Kier molecular flexibility index (Phi) is 6.06. The van der Waals surface area contributed by atoms with Crippen molar-refractivity contribution in [2.75, 3.05) is 11.9 Å². The summed E-state index contributed by atoms with van der Waals surface area (Å²) in [5, 5.41) is 5.81.